The second-order valence-electron chi connectivity index (χ2n) is 7.31. The molecule has 0 radical (unpaired) electrons. The van der Waals surface area contributed by atoms with Gasteiger partial charge < -0.3 is 24.2 Å². The van der Waals surface area contributed by atoms with E-state index in [1.54, 1.807) is 0 Å². The van der Waals surface area contributed by atoms with Crippen molar-refractivity contribution in [1.82, 2.24) is 4.90 Å². The summed E-state index contributed by atoms with van der Waals surface area (Å²) in [6, 6.07) is 16.2. The second-order valence-corrected chi connectivity index (χ2v) is 7.31. The van der Waals surface area contributed by atoms with E-state index in [1.165, 1.54) is 12.0 Å². The van der Waals surface area contributed by atoms with Crippen molar-refractivity contribution in [2.75, 3.05) is 40.0 Å². The Bertz CT molecular complexity index is 880. The zero-order valence-corrected chi connectivity index (χ0v) is 16.2. The summed E-state index contributed by atoms with van der Waals surface area (Å²) in [5.74, 6) is -1.20. The van der Waals surface area contributed by atoms with Crippen molar-refractivity contribution in [2.24, 2.45) is 0 Å². The van der Waals surface area contributed by atoms with E-state index in [0.717, 1.165) is 22.3 Å². The number of carboxylic acids is 1. The van der Waals surface area contributed by atoms with Crippen molar-refractivity contribution >= 4 is 12.1 Å². The third-order valence-electron chi connectivity index (χ3n) is 5.55. The van der Waals surface area contributed by atoms with Gasteiger partial charge >= 0.3 is 12.1 Å². The molecule has 0 saturated carbocycles. The average Bonchev–Trinajstić information content (AvgIpc) is 3.06. The zero-order chi connectivity index (χ0) is 20.4. The van der Waals surface area contributed by atoms with E-state index >= 15 is 0 Å². The molecule has 1 fully saturated rings. The number of morpholine rings is 1. The van der Waals surface area contributed by atoms with Gasteiger partial charge in [0.1, 0.15) is 6.61 Å². The first-order valence-electron chi connectivity index (χ1n) is 9.52. The van der Waals surface area contributed by atoms with Gasteiger partial charge in [-0.1, -0.05) is 48.5 Å². The highest BCUT2D eigenvalue weighted by atomic mass is 16.6. The highest BCUT2D eigenvalue weighted by Gasteiger charge is 2.46. The maximum absolute atomic E-state index is 12.7. The molecule has 2 aromatic rings. The van der Waals surface area contributed by atoms with Crippen LogP contribution in [-0.4, -0.2) is 67.7 Å². The molecule has 7 heteroatoms. The number of amides is 1. The van der Waals surface area contributed by atoms with Crippen LogP contribution in [0.15, 0.2) is 48.5 Å². The van der Waals surface area contributed by atoms with Crippen molar-refractivity contribution in [3.8, 4) is 11.1 Å². The van der Waals surface area contributed by atoms with Crippen LogP contribution in [0.3, 0.4) is 0 Å². The molecule has 0 aromatic heterocycles. The molecular weight excluding hydrogens is 374 g/mol. The minimum atomic E-state index is -1.57. The van der Waals surface area contributed by atoms with Gasteiger partial charge in [0.15, 0.2) is 0 Å². The quantitative estimate of drug-likeness (QED) is 0.835. The van der Waals surface area contributed by atoms with Crippen LogP contribution in [0, 0.1) is 0 Å². The van der Waals surface area contributed by atoms with Crippen LogP contribution in [0.25, 0.3) is 11.1 Å². The number of carbonyl (C=O) groups is 2. The Balaban J connectivity index is 1.48. The van der Waals surface area contributed by atoms with Gasteiger partial charge in [0.2, 0.25) is 5.60 Å². The van der Waals surface area contributed by atoms with Gasteiger partial charge in [-0.15, -0.1) is 0 Å². The fourth-order valence-corrected chi connectivity index (χ4v) is 4.14. The molecule has 2 aromatic carbocycles. The molecule has 1 atom stereocenters. The maximum Gasteiger partial charge on any atom is 0.409 e. The van der Waals surface area contributed by atoms with Crippen molar-refractivity contribution in [3.05, 3.63) is 59.7 Å². The van der Waals surface area contributed by atoms with Crippen molar-refractivity contribution in [1.29, 1.82) is 0 Å². The highest BCUT2D eigenvalue weighted by Crippen LogP contribution is 2.44. The van der Waals surface area contributed by atoms with Gasteiger partial charge in [0.05, 0.1) is 19.8 Å². The number of rotatable bonds is 5. The van der Waals surface area contributed by atoms with Gasteiger partial charge in [-0.25, -0.2) is 9.59 Å². The molecule has 1 aliphatic heterocycles. The Kier molecular flexibility index (Phi) is 5.25. The predicted molar refractivity (Wildman–Crippen MR) is 105 cm³/mol. The van der Waals surface area contributed by atoms with Gasteiger partial charge in [-0.05, 0) is 22.3 Å². The molecule has 1 unspecified atom stereocenters. The molecule has 7 nitrogen and oxygen atoms in total. The molecule has 1 aliphatic carbocycles. The Morgan fingerprint density at radius 2 is 1.76 bits per heavy atom. The third kappa shape index (κ3) is 3.47. The molecule has 2 aliphatic rings. The van der Waals surface area contributed by atoms with E-state index in [4.69, 9.17) is 14.2 Å². The van der Waals surface area contributed by atoms with E-state index in [0.29, 0.717) is 0 Å². The monoisotopic (exact) mass is 397 g/mol. The fourth-order valence-electron chi connectivity index (χ4n) is 4.14. The van der Waals surface area contributed by atoms with E-state index in [2.05, 4.69) is 24.3 Å². The molecule has 1 saturated heterocycles. The smallest absolute Gasteiger partial charge is 0.409 e. The first-order chi connectivity index (χ1) is 14.1. The van der Waals surface area contributed by atoms with Crippen molar-refractivity contribution in [3.63, 3.8) is 0 Å². The number of aliphatic carboxylic acids is 1. The predicted octanol–water partition coefficient (Wildman–Crippen LogP) is 2.74. The lowest BCUT2D eigenvalue weighted by atomic mass is 9.98. The summed E-state index contributed by atoms with van der Waals surface area (Å²) in [6.45, 7) is 0.312. The molecule has 29 heavy (non-hydrogen) atoms. The van der Waals surface area contributed by atoms with Crippen LogP contribution in [0.5, 0.6) is 0 Å². The summed E-state index contributed by atoms with van der Waals surface area (Å²) in [4.78, 5) is 25.8. The van der Waals surface area contributed by atoms with E-state index < -0.39 is 17.7 Å². The van der Waals surface area contributed by atoms with E-state index in [1.807, 2.05) is 24.3 Å². The summed E-state index contributed by atoms with van der Waals surface area (Å²) >= 11 is 0. The van der Waals surface area contributed by atoms with Gasteiger partial charge in [0.25, 0.3) is 0 Å². The fraction of sp³-hybridized carbons (Fsp3) is 0.364. The summed E-state index contributed by atoms with van der Waals surface area (Å²) < 4.78 is 16.1. The van der Waals surface area contributed by atoms with E-state index in [9.17, 15) is 14.7 Å². The number of benzene rings is 2. The van der Waals surface area contributed by atoms with Crippen molar-refractivity contribution in [2.45, 2.75) is 11.5 Å². The Hall–Kier alpha value is -2.90. The molecule has 0 spiro atoms. The summed E-state index contributed by atoms with van der Waals surface area (Å²) in [5.41, 5.74) is 2.99. The first kappa shape index (κ1) is 19.4. The Morgan fingerprint density at radius 1 is 1.14 bits per heavy atom. The van der Waals surface area contributed by atoms with Crippen LogP contribution in [0.1, 0.15) is 17.0 Å². The molecule has 1 heterocycles. The second kappa shape index (κ2) is 7.85. The molecule has 152 valence electrons. The Labute approximate surface area is 168 Å². The van der Waals surface area contributed by atoms with E-state index in [-0.39, 0.29) is 38.8 Å². The number of ether oxygens (including phenoxy) is 3. The van der Waals surface area contributed by atoms with Crippen LogP contribution in [-0.2, 0) is 19.0 Å². The first-order valence-corrected chi connectivity index (χ1v) is 9.52. The zero-order valence-electron chi connectivity index (χ0n) is 16.2. The SMILES string of the molecule is COCC1(C(=O)O)CN(C(=O)OCC2c3ccccc3-c3ccccc32)CCO1. The lowest BCUT2D eigenvalue weighted by Gasteiger charge is -2.38. The molecule has 1 N–H and O–H groups in total. The topological polar surface area (TPSA) is 85.3 Å². The van der Waals surface area contributed by atoms with Gasteiger partial charge in [-0.3, -0.25) is 0 Å². The van der Waals surface area contributed by atoms with Crippen LogP contribution >= 0.6 is 0 Å². The lowest BCUT2D eigenvalue weighted by Crippen LogP contribution is -2.60. The molecule has 0 bridgehead atoms. The van der Waals surface area contributed by atoms with Crippen LogP contribution < -0.4 is 0 Å². The number of methoxy groups -OCH3 is 1. The number of carbonyl (C=O) groups excluding carboxylic acids is 1. The minimum absolute atomic E-state index is 0.0457. The number of nitrogens with zero attached hydrogens (tertiary/aromatic N) is 1. The average molecular weight is 397 g/mol. The maximum atomic E-state index is 12.7. The minimum Gasteiger partial charge on any atom is -0.479 e. The van der Waals surface area contributed by atoms with Gasteiger partial charge in [-0.2, -0.15) is 0 Å². The number of hydrogen-bond donors (Lipinski definition) is 1. The number of fused-ring (bicyclic) bond motifs is 3. The third-order valence-corrected chi connectivity index (χ3v) is 5.55. The van der Waals surface area contributed by atoms with Gasteiger partial charge in [0, 0.05) is 19.6 Å². The largest absolute Gasteiger partial charge is 0.479 e. The number of carboxylic acid groups (broad SMARTS) is 1. The number of hydrogen-bond acceptors (Lipinski definition) is 5. The molecule has 4 rings (SSSR count). The summed E-state index contributed by atoms with van der Waals surface area (Å²) in [7, 11) is 1.40. The normalized spacial score (nSPS) is 20.8. The van der Waals surface area contributed by atoms with Crippen LogP contribution in [0.4, 0.5) is 4.79 Å². The summed E-state index contributed by atoms with van der Waals surface area (Å²) in [5, 5.41) is 9.56. The molecule has 1 amide bonds. The van der Waals surface area contributed by atoms with Crippen molar-refractivity contribution < 1.29 is 28.9 Å². The lowest BCUT2D eigenvalue weighted by molar-refractivity contribution is -0.185. The summed E-state index contributed by atoms with van der Waals surface area (Å²) in [6.07, 6.45) is -0.545. The standard InChI is InChI=1S/C22H23NO6/c1-27-14-22(20(24)25)13-23(10-11-29-22)21(26)28-12-19-17-8-4-2-6-15(17)16-7-3-5-9-18(16)19/h2-9,19H,10-14H2,1H3,(H,24,25). The Morgan fingerprint density at radius 3 is 2.34 bits per heavy atom. The molecular formula is C22H23NO6. The highest BCUT2D eigenvalue weighted by molar-refractivity contribution is 5.80. The van der Waals surface area contributed by atoms with Crippen LogP contribution in [0.2, 0.25) is 0 Å².